The first-order valence-electron chi connectivity index (χ1n) is 6.59. The van der Waals surface area contributed by atoms with Gasteiger partial charge in [-0.25, -0.2) is 9.67 Å². The molecule has 0 unspecified atom stereocenters. The summed E-state index contributed by atoms with van der Waals surface area (Å²) in [5.74, 6) is 0.428. The van der Waals surface area contributed by atoms with Crippen molar-refractivity contribution in [1.82, 2.24) is 19.2 Å². The second-order valence-electron chi connectivity index (χ2n) is 4.52. The number of nitrogens with zero attached hydrogens (tertiary/aromatic N) is 4. The first kappa shape index (κ1) is 13.3. The van der Waals surface area contributed by atoms with Crippen LogP contribution in [-0.2, 0) is 6.54 Å². The lowest BCUT2D eigenvalue weighted by molar-refractivity contribution is 0.324. The number of hydrogen-bond acceptors (Lipinski definition) is 5. The second-order valence-corrected chi connectivity index (χ2v) is 4.52. The number of nitrogens with two attached hydrogens (primary N) is 1. The van der Waals surface area contributed by atoms with E-state index in [0.29, 0.717) is 25.4 Å². The molecule has 0 saturated carbocycles. The molecular formula is C14H15N5O2. The first-order valence-corrected chi connectivity index (χ1v) is 6.59. The van der Waals surface area contributed by atoms with E-state index >= 15 is 0 Å². The third-order valence-corrected chi connectivity index (χ3v) is 2.96. The molecule has 3 aromatic heterocycles. The molecular weight excluding hydrogens is 270 g/mol. The van der Waals surface area contributed by atoms with E-state index in [2.05, 4.69) is 10.1 Å². The molecule has 0 aliphatic heterocycles. The molecule has 3 rings (SSSR count). The molecule has 0 atom stereocenters. The topological polar surface area (TPSA) is 87.4 Å². The van der Waals surface area contributed by atoms with Crippen LogP contribution in [0.3, 0.4) is 0 Å². The van der Waals surface area contributed by atoms with Gasteiger partial charge in [0.25, 0.3) is 5.56 Å². The van der Waals surface area contributed by atoms with Gasteiger partial charge >= 0.3 is 0 Å². The summed E-state index contributed by atoms with van der Waals surface area (Å²) >= 11 is 0. The molecule has 7 heteroatoms. The van der Waals surface area contributed by atoms with Crippen LogP contribution < -0.4 is 16.0 Å². The maximum absolute atomic E-state index is 12.0. The number of hydrogen-bond donors (Lipinski definition) is 1. The summed E-state index contributed by atoms with van der Waals surface area (Å²) in [6, 6.07) is 7.15. The van der Waals surface area contributed by atoms with E-state index in [4.69, 9.17) is 10.5 Å². The van der Waals surface area contributed by atoms with Crippen LogP contribution in [0.2, 0.25) is 0 Å². The molecule has 3 aromatic rings. The molecule has 2 N–H and O–H groups in total. The molecule has 0 aliphatic carbocycles. The fourth-order valence-corrected chi connectivity index (χ4v) is 2.01. The average Bonchev–Trinajstić information content (AvgIpc) is 2.90. The van der Waals surface area contributed by atoms with Gasteiger partial charge in [0.2, 0.25) is 0 Å². The Kier molecular flexibility index (Phi) is 3.65. The van der Waals surface area contributed by atoms with Crippen LogP contribution in [0.4, 0.5) is 0 Å². The third-order valence-electron chi connectivity index (χ3n) is 2.96. The molecule has 0 aromatic carbocycles. The maximum Gasteiger partial charge on any atom is 0.270 e. The lowest BCUT2D eigenvalue weighted by Gasteiger charge is -2.05. The Labute approximate surface area is 120 Å². The van der Waals surface area contributed by atoms with Crippen LogP contribution in [0, 0.1) is 0 Å². The number of pyridine rings is 1. The van der Waals surface area contributed by atoms with E-state index in [0.717, 1.165) is 11.3 Å². The van der Waals surface area contributed by atoms with Crippen LogP contribution in [0.1, 0.15) is 5.69 Å². The largest absolute Gasteiger partial charge is 0.490 e. The second kappa shape index (κ2) is 5.76. The Hall–Kier alpha value is -2.67. The summed E-state index contributed by atoms with van der Waals surface area (Å²) in [6.45, 7) is 1.07. The predicted molar refractivity (Wildman–Crippen MR) is 77.3 cm³/mol. The summed E-state index contributed by atoms with van der Waals surface area (Å²) in [4.78, 5) is 16.4. The minimum atomic E-state index is -0.235. The lowest BCUT2D eigenvalue weighted by Crippen LogP contribution is -2.23. The zero-order chi connectivity index (χ0) is 14.7. The van der Waals surface area contributed by atoms with Gasteiger partial charge in [-0.05, 0) is 12.1 Å². The first-order chi connectivity index (χ1) is 10.3. The molecule has 0 bridgehead atoms. The number of imidazole rings is 1. The highest BCUT2D eigenvalue weighted by atomic mass is 16.5. The van der Waals surface area contributed by atoms with Gasteiger partial charge in [0.1, 0.15) is 18.0 Å². The van der Waals surface area contributed by atoms with Gasteiger partial charge in [-0.15, -0.1) is 0 Å². The fraction of sp³-hybridized carbons (Fsp3) is 0.214. The minimum absolute atomic E-state index is 0.235. The van der Waals surface area contributed by atoms with Crippen molar-refractivity contribution < 1.29 is 4.74 Å². The number of aromatic nitrogens is 4. The number of rotatable bonds is 5. The van der Waals surface area contributed by atoms with Gasteiger partial charge < -0.3 is 14.9 Å². The predicted octanol–water partition coefficient (Wildman–Crippen LogP) is 0.277. The highest BCUT2D eigenvalue weighted by molar-refractivity contribution is 5.39. The number of ether oxygens (including phenoxy) is 1. The summed E-state index contributed by atoms with van der Waals surface area (Å²) in [5, 5.41) is 4.09. The van der Waals surface area contributed by atoms with E-state index in [1.807, 2.05) is 35.0 Å². The van der Waals surface area contributed by atoms with E-state index in [1.165, 1.54) is 16.9 Å². The van der Waals surface area contributed by atoms with E-state index in [-0.39, 0.29) is 5.56 Å². The van der Waals surface area contributed by atoms with E-state index in [9.17, 15) is 4.79 Å². The van der Waals surface area contributed by atoms with Crippen molar-refractivity contribution in [2.45, 2.75) is 6.54 Å². The van der Waals surface area contributed by atoms with Gasteiger partial charge in [-0.3, -0.25) is 4.79 Å². The lowest BCUT2D eigenvalue weighted by atomic mass is 10.4. The fourth-order valence-electron chi connectivity index (χ4n) is 2.01. The third kappa shape index (κ3) is 2.92. The van der Waals surface area contributed by atoms with Crippen molar-refractivity contribution in [3.8, 4) is 5.75 Å². The Morgan fingerprint density at radius 1 is 1.33 bits per heavy atom. The zero-order valence-electron chi connectivity index (χ0n) is 11.3. The van der Waals surface area contributed by atoms with E-state index < -0.39 is 0 Å². The Balaban J connectivity index is 1.82. The van der Waals surface area contributed by atoms with Crippen LogP contribution >= 0.6 is 0 Å². The molecule has 3 heterocycles. The van der Waals surface area contributed by atoms with Crippen LogP contribution in [0.25, 0.3) is 5.65 Å². The molecule has 7 nitrogen and oxygen atoms in total. The maximum atomic E-state index is 12.0. The van der Waals surface area contributed by atoms with Gasteiger partial charge in [0.05, 0.1) is 18.4 Å². The van der Waals surface area contributed by atoms with Crippen LogP contribution in [-0.4, -0.2) is 32.3 Å². The van der Waals surface area contributed by atoms with Crippen LogP contribution in [0.5, 0.6) is 5.75 Å². The van der Waals surface area contributed by atoms with Crippen molar-refractivity contribution in [2.75, 3.05) is 13.2 Å². The monoisotopic (exact) mass is 285 g/mol. The molecule has 0 saturated heterocycles. The highest BCUT2D eigenvalue weighted by Crippen LogP contribution is 2.06. The SMILES string of the molecule is NCCOc1cnn(Cc2cn3ccccc3n2)c(=O)c1. The van der Waals surface area contributed by atoms with Crippen molar-refractivity contribution >= 4 is 5.65 Å². The summed E-state index contributed by atoms with van der Waals surface area (Å²) in [5.41, 5.74) is 6.72. The van der Waals surface area contributed by atoms with Crippen molar-refractivity contribution in [3.05, 3.63) is 58.9 Å². The number of fused-ring (bicyclic) bond motifs is 1. The average molecular weight is 285 g/mol. The molecule has 0 radical (unpaired) electrons. The molecule has 108 valence electrons. The zero-order valence-corrected chi connectivity index (χ0v) is 11.3. The summed E-state index contributed by atoms with van der Waals surface area (Å²) < 4.78 is 8.51. The van der Waals surface area contributed by atoms with Gasteiger partial charge in [0.15, 0.2) is 0 Å². The van der Waals surface area contributed by atoms with Crippen molar-refractivity contribution in [1.29, 1.82) is 0 Å². The van der Waals surface area contributed by atoms with Gasteiger partial charge in [-0.1, -0.05) is 6.07 Å². The Morgan fingerprint density at radius 3 is 3.00 bits per heavy atom. The van der Waals surface area contributed by atoms with E-state index in [1.54, 1.807) is 0 Å². The normalized spacial score (nSPS) is 10.9. The van der Waals surface area contributed by atoms with Gasteiger partial charge in [0, 0.05) is 25.0 Å². The summed E-state index contributed by atoms with van der Waals surface area (Å²) in [7, 11) is 0. The van der Waals surface area contributed by atoms with Crippen LogP contribution in [0.15, 0.2) is 47.7 Å². The molecule has 0 fully saturated rings. The van der Waals surface area contributed by atoms with Gasteiger partial charge in [-0.2, -0.15) is 5.10 Å². The quantitative estimate of drug-likeness (QED) is 0.727. The molecule has 0 spiro atoms. The van der Waals surface area contributed by atoms with Crippen molar-refractivity contribution in [3.63, 3.8) is 0 Å². The standard InChI is InChI=1S/C14H15N5O2/c15-4-6-21-12-7-14(20)19(16-8-12)10-11-9-18-5-2-1-3-13(18)17-11/h1-3,5,7-9H,4,6,10,15H2. The highest BCUT2D eigenvalue weighted by Gasteiger charge is 2.05. The molecule has 21 heavy (non-hydrogen) atoms. The Morgan fingerprint density at radius 2 is 2.24 bits per heavy atom. The minimum Gasteiger partial charge on any atom is -0.490 e. The Bertz CT molecular complexity index is 775. The summed E-state index contributed by atoms with van der Waals surface area (Å²) in [6.07, 6.45) is 5.29. The smallest absolute Gasteiger partial charge is 0.270 e. The molecule has 0 amide bonds. The molecule has 0 aliphatic rings. The van der Waals surface area contributed by atoms with Crippen molar-refractivity contribution in [2.24, 2.45) is 5.73 Å².